The molecule has 0 aliphatic carbocycles. The van der Waals surface area contributed by atoms with Gasteiger partial charge in [0.1, 0.15) is 18.1 Å². The molecule has 28 heavy (non-hydrogen) atoms. The van der Waals surface area contributed by atoms with Gasteiger partial charge >= 0.3 is 0 Å². The molecule has 2 aromatic rings. The van der Waals surface area contributed by atoms with Crippen molar-refractivity contribution in [3.05, 3.63) is 41.0 Å². The fraction of sp³-hybridized carbons (Fsp3) is 0.550. The average molecular weight is 389 g/mol. The largest absolute Gasteiger partial charge is 0.496 e. The first-order chi connectivity index (χ1) is 13.5. The molecule has 0 saturated carbocycles. The van der Waals surface area contributed by atoms with Crippen molar-refractivity contribution in [3.63, 3.8) is 0 Å². The highest BCUT2D eigenvalue weighted by Gasteiger charge is 2.07. The fourth-order valence-electron chi connectivity index (χ4n) is 2.75. The Morgan fingerprint density at radius 2 is 1.93 bits per heavy atom. The van der Waals surface area contributed by atoms with Crippen molar-refractivity contribution in [2.24, 2.45) is 12.0 Å². The van der Waals surface area contributed by atoms with Gasteiger partial charge in [-0.1, -0.05) is 17.7 Å². The molecule has 8 heteroatoms. The molecule has 0 saturated heterocycles. The molecule has 1 aromatic heterocycles. The van der Waals surface area contributed by atoms with Gasteiger partial charge in [0.25, 0.3) is 0 Å². The molecule has 2 N–H and O–H groups in total. The molecule has 2 rings (SSSR count). The van der Waals surface area contributed by atoms with E-state index in [4.69, 9.17) is 9.47 Å². The van der Waals surface area contributed by atoms with Crippen molar-refractivity contribution < 1.29 is 9.47 Å². The summed E-state index contributed by atoms with van der Waals surface area (Å²) in [4.78, 5) is 4.66. The molecule has 0 spiro atoms. The van der Waals surface area contributed by atoms with E-state index in [2.05, 4.69) is 44.9 Å². The molecule has 0 unspecified atom stereocenters. The highest BCUT2D eigenvalue weighted by molar-refractivity contribution is 5.79. The second kappa shape index (κ2) is 11.3. The molecule has 0 aliphatic heterocycles. The van der Waals surface area contributed by atoms with Crippen LogP contribution in [0.3, 0.4) is 0 Å². The Labute approximate surface area is 167 Å². The molecule has 1 aromatic carbocycles. The smallest absolute Gasteiger partial charge is 0.191 e. The summed E-state index contributed by atoms with van der Waals surface area (Å²) in [5, 5.41) is 15.0. The Morgan fingerprint density at radius 1 is 1.14 bits per heavy atom. The number of aliphatic imine (C=N–C) groups is 1. The number of benzene rings is 1. The summed E-state index contributed by atoms with van der Waals surface area (Å²) in [6, 6.07) is 6.23. The van der Waals surface area contributed by atoms with E-state index in [1.807, 2.05) is 24.6 Å². The monoisotopic (exact) mass is 388 g/mol. The average Bonchev–Trinajstić information content (AvgIpc) is 3.01. The summed E-state index contributed by atoms with van der Waals surface area (Å²) in [7, 11) is 5.36. The van der Waals surface area contributed by atoms with Crippen LogP contribution in [0.25, 0.3) is 0 Å². The first kappa shape index (κ1) is 21.7. The van der Waals surface area contributed by atoms with Crippen LogP contribution in [0.15, 0.2) is 23.2 Å². The molecule has 0 bridgehead atoms. The topological polar surface area (TPSA) is 85.6 Å². The first-order valence-electron chi connectivity index (χ1n) is 9.54. The van der Waals surface area contributed by atoms with Crippen molar-refractivity contribution in [1.29, 1.82) is 0 Å². The molecule has 0 aliphatic rings. The Hall–Kier alpha value is -2.61. The Morgan fingerprint density at radius 3 is 2.61 bits per heavy atom. The molecule has 1 heterocycles. The van der Waals surface area contributed by atoms with Gasteiger partial charge in [-0.15, -0.1) is 10.2 Å². The van der Waals surface area contributed by atoms with Gasteiger partial charge in [-0.3, -0.25) is 0 Å². The van der Waals surface area contributed by atoms with E-state index in [9.17, 15) is 0 Å². The van der Waals surface area contributed by atoms with Crippen molar-refractivity contribution in [2.45, 2.75) is 33.2 Å². The Balaban J connectivity index is 1.97. The number of nitrogens with one attached hydrogen (secondary N) is 2. The minimum absolute atomic E-state index is 0.463. The Kier molecular flexibility index (Phi) is 8.74. The zero-order chi connectivity index (χ0) is 20.4. The first-order valence-corrected chi connectivity index (χ1v) is 9.54. The van der Waals surface area contributed by atoms with Crippen molar-refractivity contribution in [1.82, 2.24) is 25.4 Å². The van der Waals surface area contributed by atoms with Crippen LogP contribution in [0.2, 0.25) is 0 Å². The van der Waals surface area contributed by atoms with Crippen molar-refractivity contribution in [3.8, 4) is 5.75 Å². The second-order valence-electron chi connectivity index (χ2n) is 6.65. The zero-order valence-electron chi connectivity index (χ0n) is 17.6. The molecule has 0 fully saturated rings. The van der Waals surface area contributed by atoms with Crippen molar-refractivity contribution in [2.75, 3.05) is 33.9 Å². The summed E-state index contributed by atoms with van der Waals surface area (Å²) < 4.78 is 12.5. The fourth-order valence-corrected chi connectivity index (χ4v) is 2.75. The predicted molar refractivity (Wildman–Crippen MR) is 111 cm³/mol. The van der Waals surface area contributed by atoms with E-state index >= 15 is 0 Å². The number of hydrogen-bond acceptors (Lipinski definition) is 5. The summed E-state index contributed by atoms with van der Waals surface area (Å²) >= 11 is 0. The minimum atomic E-state index is 0.463. The summed E-state index contributed by atoms with van der Waals surface area (Å²) in [5.41, 5.74) is 2.40. The third-order valence-electron chi connectivity index (χ3n) is 4.50. The molecule has 0 radical (unpaired) electrons. The van der Waals surface area contributed by atoms with Crippen LogP contribution >= 0.6 is 0 Å². The van der Waals surface area contributed by atoms with E-state index in [1.54, 1.807) is 14.2 Å². The summed E-state index contributed by atoms with van der Waals surface area (Å²) in [6.07, 6.45) is 1.75. The van der Waals surface area contributed by atoms with Crippen LogP contribution < -0.4 is 15.4 Å². The van der Waals surface area contributed by atoms with Crippen LogP contribution in [-0.2, 0) is 24.8 Å². The third-order valence-corrected chi connectivity index (χ3v) is 4.50. The van der Waals surface area contributed by atoms with E-state index in [0.717, 1.165) is 49.3 Å². The SMILES string of the molecule is COCCCNC(=NCc1nnc(C)n1C)NCCc1cc(C)ccc1OC. The lowest BCUT2D eigenvalue weighted by atomic mass is 10.1. The number of aromatic nitrogens is 3. The summed E-state index contributed by atoms with van der Waals surface area (Å²) in [6.45, 7) is 6.72. The van der Waals surface area contributed by atoms with Crippen LogP contribution in [0.5, 0.6) is 5.75 Å². The molecular formula is C20H32N6O2. The predicted octanol–water partition coefficient (Wildman–Crippen LogP) is 1.75. The van der Waals surface area contributed by atoms with Gasteiger partial charge in [0.2, 0.25) is 0 Å². The van der Waals surface area contributed by atoms with E-state index in [-0.39, 0.29) is 0 Å². The van der Waals surface area contributed by atoms with Crippen LogP contribution in [0, 0.1) is 13.8 Å². The highest BCUT2D eigenvalue weighted by atomic mass is 16.5. The quantitative estimate of drug-likeness (QED) is 0.366. The van der Waals surface area contributed by atoms with Gasteiger partial charge in [-0.25, -0.2) is 4.99 Å². The lowest BCUT2D eigenvalue weighted by Crippen LogP contribution is -2.39. The van der Waals surface area contributed by atoms with Gasteiger partial charge < -0.3 is 24.7 Å². The number of aryl methyl sites for hydroxylation is 2. The van der Waals surface area contributed by atoms with Gasteiger partial charge in [0.05, 0.1) is 7.11 Å². The lowest BCUT2D eigenvalue weighted by Gasteiger charge is -2.14. The van der Waals surface area contributed by atoms with Gasteiger partial charge in [-0.05, 0) is 38.3 Å². The van der Waals surface area contributed by atoms with Crippen LogP contribution in [0.1, 0.15) is 29.2 Å². The maximum absolute atomic E-state index is 5.46. The van der Waals surface area contributed by atoms with E-state index < -0.39 is 0 Å². The third kappa shape index (κ3) is 6.53. The molecule has 0 amide bonds. The molecule has 8 nitrogen and oxygen atoms in total. The maximum atomic E-state index is 5.46. The summed E-state index contributed by atoms with van der Waals surface area (Å²) in [5.74, 6) is 3.37. The van der Waals surface area contributed by atoms with Crippen LogP contribution in [-0.4, -0.2) is 54.6 Å². The Bertz CT molecular complexity index is 772. The molecule has 154 valence electrons. The van der Waals surface area contributed by atoms with Crippen LogP contribution in [0.4, 0.5) is 0 Å². The number of ether oxygens (including phenoxy) is 2. The number of guanidine groups is 1. The van der Waals surface area contributed by atoms with E-state index in [1.165, 1.54) is 11.1 Å². The number of nitrogens with zero attached hydrogens (tertiary/aromatic N) is 4. The molecule has 0 atom stereocenters. The molecular weight excluding hydrogens is 356 g/mol. The minimum Gasteiger partial charge on any atom is -0.496 e. The second-order valence-corrected chi connectivity index (χ2v) is 6.65. The number of methoxy groups -OCH3 is 2. The maximum Gasteiger partial charge on any atom is 0.191 e. The number of rotatable bonds is 10. The van der Waals surface area contributed by atoms with E-state index in [0.29, 0.717) is 13.2 Å². The van der Waals surface area contributed by atoms with Gasteiger partial charge in [0.15, 0.2) is 11.8 Å². The van der Waals surface area contributed by atoms with Gasteiger partial charge in [-0.2, -0.15) is 0 Å². The zero-order valence-corrected chi connectivity index (χ0v) is 17.6. The normalized spacial score (nSPS) is 11.5. The number of hydrogen-bond donors (Lipinski definition) is 2. The standard InChI is InChI=1S/C20H32N6O2/c1-15-7-8-18(28-5)17(13-15)9-11-22-20(21-10-6-12-27-4)23-14-19-25-24-16(2)26(19)3/h7-8,13H,6,9-12,14H2,1-5H3,(H2,21,22,23). The van der Waals surface area contributed by atoms with Gasteiger partial charge in [0, 0.05) is 33.9 Å². The highest BCUT2D eigenvalue weighted by Crippen LogP contribution is 2.19. The van der Waals surface area contributed by atoms with Crippen molar-refractivity contribution >= 4 is 5.96 Å². The lowest BCUT2D eigenvalue weighted by molar-refractivity contribution is 0.195.